The van der Waals surface area contributed by atoms with Gasteiger partial charge in [-0.3, -0.25) is 14.2 Å². The molecule has 2 aromatic rings. The number of benzene rings is 1. The Balaban J connectivity index is 2.56. The Labute approximate surface area is 146 Å². The fourth-order valence-corrected chi connectivity index (χ4v) is 2.79. The number of halogens is 1. The summed E-state index contributed by atoms with van der Waals surface area (Å²) in [5, 5.41) is 4.14. The van der Waals surface area contributed by atoms with E-state index in [0.717, 1.165) is 16.5 Å². The van der Waals surface area contributed by atoms with Crippen LogP contribution in [0.25, 0.3) is 10.9 Å². The maximum Gasteiger partial charge on any atom is 0.236 e. The number of ether oxygens (including phenoxy) is 1. The lowest BCUT2D eigenvalue weighted by atomic mass is 9.95. The minimum Gasteiger partial charge on any atom is -0.495 e. The molecular formula is C18H23ClN2O3. The van der Waals surface area contributed by atoms with Crippen LogP contribution in [-0.2, 0) is 11.2 Å². The Morgan fingerprint density at radius 2 is 1.96 bits per heavy atom. The average Bonchev–Trinajstić information content (AvgIpc) is 2.82. The van der Waals surface area contributed by atoms with Gasteiger partial charge in [-0.1, -0.05) is 32.4 Å². The first-order chi connectivity index (χ1) is 11.1. The average molecular weight is 351 g/mol. The van der Waals surface area contributed by atoms with Gasteiger partial charge in [-0.25, -0.2) is 0 Å². The van der Waals surface area contributed by atoms with Crippen LogP contribution in [0.4, 0.5) is 0 Å². The van der Waals surface area contributed by atoms with E-state index in [1.54, 1.807) is 17.7 Å². The highest BCUT2D eigenvalue weighted by molar-refractivity contribution is 6.33. The lowest BCUT2D eigenvalue weighted by molar-refractivity contribution is -0.118. The molecule has 6 heteroatoms. The molecule has 0 bridgehead atoms. The first kappa shape index (κ1) is 18.3. The summed E-state index contributed by atoms with van der Waals surface area (Å²) >= 11 is 6.24. The third-order valence-electron chi connectivity index (χ3n) is 3.79. The SMILES string of the molecule is COc1cc2c(CCNC(C)=O)cn(C(=O)C(C)(C)C)c2cc1Cl. The summed E-state index contributed by atoms with van der Waals surface area (Å²) in [7, 11) is 1.56. The zero-order valence-electron chi connectivity index (χ0n) is 14.7. The summed E-state index contributed by atoms with van der Waals surface area (Å²) in [5.41, 5.74) is 1.19. The number of rotatable bonds is 4. The number of methoxy groups -OCH3 is 1. The van der Waals surface area contributed by atoms with Gasteiger partial charge in [-0.05, 0) is 24.1 Å². The second-order valence-electron chi connectivity index (χ2n) is 6.82. The molecule has 0 aliphatic carbocycles. The highest BCUT2D eigenvalue weighted by Gasteiger charge is 2.26. The smallest absolute Gasteiger partial charge is 0.236 e. The number of nitrogens with one attached hydrogen (secondary N) is 1. The maximum atomic E-state index is 12.8. The van der Waals surface area contributed by atoms with E-state index in [0.29, 0.717) is 23.7 Å². The van der Waals surface area contributed by atoms with Crippen molar-refractivity contribution >= 4 is 34.3 Å². The van der Waals surface area contributed by atoms with E-state index in [9.17, 15) is 9.59 Å². The molecule has 1 heterocycles. The van der Waals surface area contributed by atoms with E-state index in [-0.39, 0.29) is 11.8 Å². The normalized spacial score (nSPS) is 11.6. The first-order valence-corrected chi connectivity index (χ1v) is 8.19. The molecule has 0 aliphatic heterocycles. The topological polar surface area (TPSA) is 60.3 Å². The standard InChI is InChI=1S/C18H23ClN2O3/c1-11(22)20-7-6-12-10-21(17(23)18(2,3)4)15-9-14(19)16(24-5)8-13(12)15/h8-10H,6-7H2,1-5H3,(H,20,22). The van der Waals surface area contributed by atoms with Gasteiger partial charge in [0.2, 0.25) is 11.8 Å². The second kappa shape index (κ2) is 6.85. The van der Waals surface area contributed by atoms with Crippen molar-refractivity contribution in [2.24, 2.45) is 5.41 Å². The molecule has 0 fully saturated rings. The summed E-state index contributed by atoms with van der Waals surface area (Å²) in [6.45, 7) is 7.62. The van der Waals surface area contributed by atoms with Gasteiger partial charge in [0.25, 0.3) is 0 Å². The van der Waals surface area contributed by atoms with Gasteiger partial charge in [0, 0.05) is 30.5 Å². The number of fused-ring (bicyclic) bond motifs is 1. The molecule has 5 nitrogen and oxygen atoms in total. The summed E-state index contributed by atoms with van der Waals surface area (Å²) < 4.78 is 6.93. The van der Waals surface area contributed by atoms with E-state index in [1.807, 2.05) is 33.0 Å². The first-order valence-electron chi connectivity index (χ1n) is 7.82. The van der Waals surface area contributed by atoms with Crippen LogP contribution in [0.3, 0.4) is 0 Å². The van der Waals surface area contributed by atoms with Crippen molar-refractivity contribution in [3.63, 3.8) is 0 Å². The Morgan fingerprint density at radius 3 is 2.50 bits per heavy atom. The number of carbonyl (C=O) groups is 2. The quantitative estimate of drug-likeness (QED) is 0.915. The largest absolute Gasteiger partial charge is 0.495 e. The van der Waals surface area contributed by atoms with E-state index < -0.39 is 5.41 Å². The highest BCUT2D eigenvalue weighted by Crippen LogP contribution is 2.34. The molecule has 0 radical (unpaired) electrons. The van der Waals surface area contributed by atoms with E-state index in [4.69, 9.17) is 16.3 Å². The number of hydrogen-bond donors (Lipinski definition) is 1. The van der Waals surface area contributed by atoms with Gasteiger partial charge >= 0.3 is 0 Å². The number of amides is 1. The van der Waals surface area contributed by atoms with Gasteiger partial charge < -0.3 is 10.1 Å². The molecule has 0 saturated carbocycles. The number of hydrogen-bond acceptors (Lipinski definition) is 3. The fourth-order valence-electron chi connectivity index (χ4n) is 2.55. The number of carbonyl (C=O) groups excluding carboxylic acids is 2. The van der Waals surface area contributed by atoms with Crippen molar-refractivity contribution in [2.75, 3.05) is 13.7 Å². The van der Waals surface area contributed by atoms with Crippen LogP contribution < -0.4 is 10.1 Å². The Bertz CT molecular complexity index is 788. The molecule has 1 N–H and O–H groups in total. The number of nitrogens with zero attached hydrogens (tertiary/aromatic N) is 1. The van der Waals surface area contributed by atoms with Gasteiger partial charge in [-0.15, -0.1) is 0 Å². The van der Waals surface area contributed by atoms with E-state index in [1.165, 1.54) is 6.92 Å². The van der Waals surface area contributed by atoms with Crippen molar-refractivity contribution in [3.05, 3.63) is 28.9 Å². The van der Waals surface area contributed by atoms with Gasteiger partial charge in [0.15, 0.2) is 0 Å². The summed E-state index contributed by atoms with van der Waals surface area (Å²) in [4.78, 5) is 23.8. The van der Waals surface area contributed by atoms with Crippen LogP contribution >= 0.6 is 11.6 Å². The molecular weight excluding hydrogens is 328 g/mol. The van der Waals surface area contributed by atoms with Crippen LogP contribution in [0.5, 0.6) is 5.75 Å². The fraction of sp³-hybridized carbons (Fsp3) is 0.444. The Kier molecular flexibility index (Phi) is 5.23. The van der Waals surface area contributed by atoms with Crippen LogP contribution in [0, 0.1) is 5.41 Å². The summed E-state index contributed by atoms with van der Waals surface area (Å²) in [6.07, 6.45) is 2.45. The number of aromatic nitrogens is 1. The Hall–Kier alpha value is -2.01. The van der Waals surface area contributed by atoms with Crippen LogP contribution in [0.15, 0.2) is 18.3 Å². The molecule has 0 aliphatic rings. The van der Waals surface area contributed by atoms with Gasteiger partial charge in [-0.2, -0.15) is 0 Å². The monoisotopic (exact) mass is 350 g/mol. The van der Waals surface area contributed by atoms with Crippen LogP contribution in [0.1, 0.15) is 38.1 Å². The van der Waals surface area contributed by atoms with Crippen molar-refractivity contribution in [1.82, 2.24) is 9.88 Å². The molecule has 0 unspecified atom stereocenters. The molecule has 2 rings (SSSR count). The molecule has 0 saturated heterocycles. The van der Waals surface area contributed by atoms with Crippen LogP contribution in [-0.4, -0.2) is 30.0 Å². The highest BCUT2D eigenvalue weighted by atomic mass is 35.5. The minimum atomic E-state index is -0.521. The van der Waals surface area contributed by atoms with Crippen molar-refractivity contribution in [1.29, 1.82) is 0 Å². The minimum absolute atomic E-state index is 0.0143. The van der Waals surface area contributed by atoms with Gasteiger partial charge in [0.1, 0.15) is 5.75 Å². The van der Waals surface area contributed by atoms with Crippen molar-refractivity contribution in [2.45, 2.75) is 34.1 Å². The molecule has 1 aromatic heterocycles. The zero-order chi connectivity index (χ0) is 18.1. The lowest BCUT2D eigenvalue weighted by Crippen LogP contribution is -2.26. The van der Waals surface area contributed by atoms with Crippen LogP contribution in [0.2, 0.25) is 5.02 Å². The van der Waals surface area contributed by atoms with E-state index >= 15 is 0 Å². The van der Waals surface area contributed by atoms with Crippen molar-refractivity contribution < 1.29 is 14.3 Å². The second-order valence-corrected chi connectivity index (χ2v) is 7.22. The summed E-state index contributed by atoms with van der Waals surface area (Å²) in [6, 6.07) is 3.59. The third-order valence-corrected chi connectivity index (χ3v) is 4.08. The molecule has 130 valence electrons. The molecule has 1 aromatic carbocycles. The Morgan fingerprint density at radius 1 is 1.29 bits per heavy atom. The summed E-state index contributed by atoms with van der Waals surface area (Å²) in [5.74, 6) is 0.468. The molecule has 1 amide bonds. The van der Waals surface area contributed by atoms with E-state index in [2.05, 4.69) is 5.32 Å². The lowest BCUT2D eigenvalue weighted by Gasteiger charge is -2.18. The maximum absolute atomic E-state index is 12.8. The zero-order valence-corrected chi connectivity index (χ0v) is 15.5. The predicted molar refractivity (Wildman–Crippen MR) is 96.0 cm³/mol. The molecule has 0 spiro atoms. The van der Waals surface area contributed by atoms with Crippen molar-refractivity contribution in [3.8, 4) is 5.75 Å². The molecule has 0 atom stereocenters. The third kappa shape index (κ3) is 3.73. The van der Waals surface area contributed by atoms with Gasteiger partial charge in [0.05, 0.1) is 17.6 Å². The predicted octanol–water partition coefficient (Wildman–Crippen LogP) is 3.67. The molecule has 24 heavy (non-hydrogen) atoms.